The maximum absolute atomic E-state index is 14.3. The van der Waals surface area contributed by atoms with Crippen LogP contribution in [0.1, 0.15) is 44.7 Å². The summed E-state index contributed by atoms with van der Waals surface area (Å²) in [5, 5.41) is 3.59. The number of nitrogens with zero attached hydrogens (tertiary/aromatic N) is 2. The Morgan fingerprint density at radius 1 is 0.909 bits per heavy atom. The number of anilines is 1. The molecule has 0 spiro atoms. The minimum absolute atomic E-state index is 0.0154. The van der Waals surface area contributed by atoms with E-state index < -0.39 is 28.5 Å². The molecule has 0 aliphatic rings. The molecule has 0 radical (unpaired) electrons. The average Bonchev–Trinajstić information content (AvgIpc) is 3.01. The number of ether oxygens (including phenoxy) is 2. The van der Waals surface area contributed by atoms with Crippen LogP contribution < -0.4 is 19.1 Å². The lowest BCUT2D eigenvalue weighted by atomic mass is 10.1. The van der Waals surface area contributed by atoms with E-state index in [4.69, 9.17) is 32.7 Å². The van der Waals surface area contributed by atoms with Crippen molar-refractivity contribution in [2.24, 2.45) is 0 Å². The van der Waals surface area contributed by atoms with Crippen molar-refractivity contribution >= 4 is 50.7 Å². The van der Waals surface area contributed by atoms with Crippen molar-refractivity contribution in [1.29, 1.82) is 0 Å². The minimum Gasteiger partial charge on any atom is -0.497 e. The van der Waals surface area contributed by atoms with E-state index in [-0.39, 0.29) is 41.2 Å². The Morgan fingerprint density at radius 2 is 1.59 bits per heavy atom. The number of rotatable bonds is 14. The zero-order valence-corrected chi connectivity index (χ0v) is 28.1. The third-order valence-electron chi connectivity index (χ3n) is 7.27. The number of halogens is 2. The monoisotopic (exact) mass is 663 g/mol. The molecule has 0 aromatic heterocycles. The van der Waals surface area contributed by atoms with Crippen molar-refractivity contribution in [3.63, 3.8) is 0 Å². The predicted molar refractivity (Wildman–Crippen MR) is 174 cm³/mol. The number of methoxy groups -OCH3 is 2. The van der Waals surface area contributed by atoms with E-state index in [0.717, 1.165) is 9.87 Å². The highest BCUT2D eigenvalue weighted by atomic mass is 35.5. The summed E-state index contributed by atoms with van der Waals surface area (Å²) in [6, 6.07) is 14.9. The first kappa shape index (κ1) is 35.0. The molecule has 3 aromatic rings. The summed E-state index contributed by atoms with van der Waals surface area (Å²) < 4.78 is 40.3. The molecule has 44 heavy (non-hydrogen) atoms. The highest BCUT2D eigenvalue weighted by molar-refractivity contribution is 7.92. The van der Waals surface area contributed by atoms with Gasteiger partial charge in [-0.05, 0) is 68.7 Å². The second-order valence-corrected chi connectivity index (χ2v) is 13.1. The van der Waals surface area contributed by atoms with E-state index in [1.807, 2.05) is 20.8 Å². The SMILES string of the molecule is CC[C@@H](C)NC(=O)[C@@H](CC)N(Cc1ccc(Cl)c(Cl)c1)C(=O)CN(c1cc(OC)ccc1OC)S(=O)(=O)c1ccc(C)cc1. The molecule has 0 aliphatic heterocycles. The summed E-state index contributed by atoms with van der Waals surface area (Å²) >= 11 is 12.4. The summed E-state index contributed by atoms with van der Waals surface area (Å²) in [7, 11) is -1.44. The van der Waals surface area contributed by atoms with Gasteiger partial charge < -0.3 is 19.7 Å². The molecule has 3 aromatic carbocycles. The number of aryl methyl sites for hydroxylation is 1. The smallest absolute Gasteiger partial charge is 0.264 e. The molecule has 0 fully saturated rings. The number of hydrogen-bond acceptors (Lipinski definition) is 6. The highest BCUT2D eigenvalue weighted by Crippen LogP contribution is 2.36. The van der Waals surface area contributed by atoms with Gasteiger partial charge in [-0.2, -0.15) is 0 Å². The van der Waals surface area contributed by atoms with Crippen LogP contribution in [-0.2, 0) is 26.2 Å². The van der Waals surface area contributed by atoms with Gasteiger partial charge in [0.15, 0.2) is 0 Å². The van der Waals surface area contributed by atoms with Gasteiger partial charge in [-0.15, -0.1) is 0 Å². The Morgan fingerprint density at radius 3 is 2.16 bits per heavy atom. The van der Waals surface area contributed by atoms with Crippen LogP contribution in [0.15, 0.2) is 65.6 Å². The molecule has 9 nitrogen and oxygen atoms in total. The molecular formula is C32H39Cl2N3O6S. The fraction of sp³-hybridized carbons (Fsp3) is 0.375. The van der Waals surface area contributed by atoms with Gasteiger partial charge in [0.1, 0.15) is 24.1 Å². The van der Waals surface area contributed by atoms with Crippen molar-refractivity contribution in [3.8, 4) is 11.5 Å². The van der Waals surface area contributed by atoms with Gasteiger partial charge >= 0.3 is 0 Å². The maximum atomic E-state index is 14.3. The van der Waals surface area contributed by atoms with E-state index in [0.29, 0.717) is 27.8 Å². The van der Waals surface area contributed by atoms with Gasteiger partial charge in [0.05, 0.1) is 34.8 Å². The third kappa shape index (κ3) is 8.37. The molecule has 0 aliphatic carbocycles. The molecule has 3 rings (SSSR count). The first-order chi connectivity index (χ1) is 20.9. The zero-order valence-electron chi connectivity index (χ0n) is 25.8. The number of nitrogens with one attached hydrogen (secondary N) is 1. The van der Waals surface area contributed by atoms with E-state index in [1.165, 1.54) is 37.3 Å². The lowest BCUT2D eigenvalue weighted by Crippen LogP contribution is -2.53. The zero-order chi connectivity index (χ0) is 32.6. The molecule has 2 amide bonds. The van der Waals surface area contributed by atoms with Gasteiger partial charge in [-0.3, -0.25) is 13.9 Å². The molecule has 0 unspecified atom stereocenters. The lowest BCUT2D eigenvalue weighted by Gasteiger charge is -2.34. The van der Waals surface area contributed by atoms with Crippen LogP contribution in [0.4, 0.5) is 5.69 Å². The number of carbonyl (C=O) groups is 2. The van der Waals surface area contributed by atoms with Gasteiger partial charge in [-0.1, -0.05) is 60.8 Å². The third-order valence-corrected chi connectivity index (χ3v) is 9.78. The fourth-order valence-corrected chi connectivity index (χ4v) is 6.27. The van der Waals surface area contributed by atoms with Crippen LogP contribution in [0.5, 0.6) is 11.5 Å². The van der Waals surface area contributed by atoms with Gasteiger partial charge in [0, 0.05) is 18.7 Å². The van der Waals surface area contributed by atoms with Crippen molar-refractivity contribution in [1.82, 2.24) is 10.2 Å². The average molecular weight is 665 g/mol. The number of carbonyl (C=O) groups excluding carboxylic acids is 2. The topological polar surface area (TPSA) is 105 Å². The van der Waals surface area contributed by atoms with E-state index in [1.54, 1.807) is 49.4 Å². The minimum atomic E-state index is -4.31. The quantitative estimate of drug-likeness (QED) is 0.219. The van der Waals surface area contributed by atoms with E-state index in [9.17, 15) is 18.0 Å². The molecular weight excluding hydrogens is 625 g/mol. The standard InChI is InChI=1S/C32H39Cl2N3O6S/c1-7-22(4)35-32(39)28(8-2)36(19-23-11-15-26(33)27(34)17-23)31(38)20-37(29-18-24(42-5)12-16-30(29)43-6)44(40,41)25-13-9-21(3)10-14-25/h9-18,22,28H,7-8,19-20H2,1-6H3,(H,35,39)/t22-,28-/m1/s1. The molecule has 0 saturated heterocycles. The van der Waals surface area contributed by atoms with Gasteiger partial charge in [0.25, 0.3) is 10.0 Å². The molecule has 0 bridgehead atoms. The van der Waals surface area contributed by atoms with Crippen LogP contribution >= 0.6 is 23.2 Å². The number of benzene rings is 3. The van der Waals surface area contributed by atoms with E-state index in [2.05, 4.69) is 5.32 Å². The molecule has 2 atom stereocenters. The fourth-order valence-electron chi connectivity index (χ4n) is 4.54. The van der Waals surface area contributed by atoms with Crippen molar-refractivity contribution < 1.29 is 27.5 Å². The summed E-state index contributed by atoms with van der Waals surface area (Å²) in [6.45, 7) is 6.81. The Kier molecular flexibility index (Phi) is 12.3. The van der Waals surface area contributed by atoms with Crippen molar-refractivity contribution in [2.45, 2.75) is 64.1 Å². The normalized spacial score (nSPS) is 12.6. The van der Waals surface area contributed by atoms with Crippen LogP contribution in [0.3, 0.4) is 0 Å². The second kappa shape index (κ2) is 15.5. The summed E-state index contributed by atoms with van der Waals surface area (Å²) in [6.07, 6.45) is 0.976. The highest BCUT2D eigenvalue weighted by Gasteiger charge is 2.35. The van der Waals surface area contributed by atoms with Gasteiger partial charge in [0.2, 0.25) is 11.8 Å². The van der Waals surface area contributed by atoms with Gasteiger partial charge in [-0.25, -0.2) is 8.42 Å². The summed E-state index contributed by atoms with van der Waals surface area (Å²) in [5.41, 5.74) is 1.60. The van der Waals surface area contributed by atoms with Crippen LogP contribution in [0.2, 0.25) is 10.0 Å². The van der Waals surface area contributed by atoms with Crippen molar-refractivity contribution in [2.75, 3.05) is 25.1 Å². The molecule has 0 heterocycles. The molecule has 0 saturated carbocycles. The summed E-state index contributed by atoms with van der Waals surface area (Å²) in [4.78, 5) is 29.2. The Balaban J connectivity index is 2.16. The molecule has 1 N–H and O–H groups in total. The number of hydrogen-bond donors (Lipinski definition) is 1. The second-order valence-electron chi connectivity index (χ2n) is 10.4. The Bertz CT molecular complexity index is 1570. The van der Waals surface area contributed by atoms with E-state index >= 15 is 0 Å². The first-order valence-corrected chi connectivity index (χ1v) is 16.4. The lowest BCUT2D eigenvalue weighted by molar-refractivity contribution is -0.140. The largest absolute Gasteiger partial charge is 0.497 e. The van der Waals surface area contributed by atoms with Crippen LogP contribution in [0.25, 0.3) is 0 Å². The molecule has 238 valence electrons. The summed E-state index contributed by atoms with van der Waals surface area (Å²) in [5.74, 6) is -0.374. The number of sulfonamides is 1. The van der Waals surface area contributed by atoms with Crippen LogP contribution in [-0.4, -0.2) is 58.0 Å². The first-order valence-electron chi connectivity index (χ1n) is 14.2. The number of amides is 2. The van der Waals surface area contributed by atoms with Crippen LogP contribution in [0, 0.1) is 6.92 Å². The molecule has 12 heteroatoms. The maximum Gasteiger partial charge on any atom is 0.264 e. The van der Waals surface area contributed by atoms with Crippen molar-refractivity contribution in [3.05, 3.63) is 81.8 Å². The Hall–Kier alpha value is -3.47. The Labute approximate surface area is 270 Å². The predicted octanol–water partition coefficient (Wildman–Crippen LogP) is 6.24.